The minimum atomic E-state index is 0. The average molecular weight is 137 g/mol. The molecule has 0 unspecified atom stereocenters. The third kappa shape index (κ3) is 84.7. The van der Waals surface area contributed by atoms with Crippen LogP contribution in [0.15, 0.2) is 0 Å². The quantitative estimate of drug-likeness (QED) is 0.512. The maximum Gasteiger partial charge on any atom is 0.00277 e. The van der Waals surface area contributed by atoms with Crippen LogP contribution < -0.4 is 4.72 Å². The van der Waals surface area contributed by atoms with Crippen molar-refractivity contribution in [2.75, 3.05) is 6.54 Å². The van der Waals surface area contributed by atoms with E-state index >= 15 is 0 Å². The normalized spacial score (nSPS) is 4.29. The van der Waals surface area contributed by atoms with Crippen LogP contribution >= 0.6 is 12.8 Å². The highest BCUT2D eigenvalue weighted by Crippen LogP contribution is 1.50. The van der Waals surface area contributed by atoms with Gasteiger partial charge in [-0.2, -0.15) is 0 Å². The van der Waals surface area contributed by atoms with Crippen LogP contribution in [0, 0.1) is 0 Å². The summed E-state index contributed by atoms with van der Waals surface area (Å²) >= 11 is 3.67. The van der Waals surface area contributed by atoms with E-state index in [2.05, 4.69) is 17.5 Å². The molecule has 0 aromatic rings. The van der Waals surface area contributed by atoms with Crippen LogP contribution in [0.2, 0.25) is 0 Å². The van der Waals surface area contributed by atoms with E-state index < -0.39 is 0 Å². The molecule has 1 nitrogen and oxygen atoms in total. The molecule has 0 bridgehead atoms. The Bertz CT molecular complexity index is 14.9. The van der Waals surface area contributed by atoms with Gasteiger partial charge in [0, 0.05) is 6.54 Å². The Hall–Kier alpha value is 0.100. The molecule has 7 heavy (non-hydrogen) atoms. The number of thiol groups is 1. The van der Waals surface area contributed by atoms with E-state index in [0.29, 0.717) is 0 Å². The molecule has 0 aliphatic rings. The first-order valence-corrected chi connectivity index (χ1v) is 1.73. The van der Waals surface area contributed by atoms with Crippen molar-refractivity contribution in [3.05, 3.63) is 0 Å². The Balaban J connectivity index is -0.0000000150. The molecule has 0 saturated heterocycles. The average Bonchev–Trinajstić information content (AvgIpc) is 1.37. The van der Waals surface area contributed by atoms with Crippen molar-refractivity contribution in [3.8, 4) is 0 Å². The van der Waals surface area contributed by atoms with E-state index in [1.54, 1.807) is 0 Å². The third-order valence-electron chi connectivity index (χ3n) is 0.158. The maximum absolute atomic E-state index is 3.67. The smallest absolute Gasteiger partial charge is 0.00277 e. The molecule has 0 amide bonds. The summed E-state index contributed by atoms with van der Waals surface area (Å²) in [5.41, 5.74) is 0. The Kier molecular flexibility index (Phi) is 141. The van der Waals surface area contributed by atoms with Crippen LogP contribution in [0.25, 0.3) is 0 Å². The van der Waals surface area contributed by atoms with Crippen molar-refractivity contribution in [1.29, 1.82) is 0 Å². The van der Waals surface area contributed by atoms with Crippen LogP contribution in [0.3, 0.4) is 0 Å². The molecule has 0 atom stereocenters. The maximum atomic E-state index is 3.67. The highest BCUT2D eigenvalue weighted by atomic mass is 32.1. The molecule has 50 valence electrons. The molecule has 0 fully saturated rings. The SMILES string of the molecule is CCNS.F.F.F. The van der Waals surface area contributed by atoms with Crippen LogP contribution in [0.4, 0.5) is 14.1 Å². The Morgan fingerprint density at radius 1 is 1.29 bits per heavy atom. The lowest BCUT2D eigenvalue weighted by molar-refractivity contribution is 1.04. The minimum Gasteiger partial charge on any atom is -0.269 e. The lowest BCUT2D eigenvalue weighted by Gasteiger charge is -1.74. The highest BCUT2D eigenvalue weighted by molar-refractivity contribution is 7.78. The second kappa shape index (κ2) is 36.0. The fourth-order valence-electron chi connectivity index (χ4n) is 0. The zero-order chi connectivity index (χ0) is 3.41. The van der Waals surface area contributed by atoms with Crippen LogP contribution in [0.5, 0.6) is 0 Å². The summed E-state index contributed by atoms with van der Waals surface area (Å²) in [5.74, 6) is 0. The van der Waals surface area contributed by atoms with Crippen molar-refractivity contribution in [3.63, 3.8) is 0 Å². The first-order valence-electron chi connectivity index (χ1n) is 1.28. The summed E-state index contributed by atoms with van der Waals surface area (Å²) in [6, 6.07) is 0. The van der Waals surface area contributed by atoms with E-state index in [4.69, 9.17) is 0 Å². The summed E-state index contributed by atoms with van der Waals surface area (Å²) in [4.78, 5) is 0. The molecule has 0 rings (SSSR count). The molecular formula is C2H10F3NS. The number of hydrogen-bond acceptors (Lipinski definition) is 2. The largest absolute Gasteiger partial charge is 0.269 e. The lowest BCUT2D eigenvalue weighted by atomic mass is 10.8. The second-order valence-corrected chi connectivity index (χ2v) is 0.828. The summed E-state index contributed by atoms with van der Waals surface area (Å²) in [6.07, 6.45) is 0. The van der Waals surface area contributed by atoms with Crippen molar-refractivity contribution in [2.24, 2.45) is 0 Å². The molecular weight excluding hydrogens is 127 g/mol. The van der Waals surface area contributed by atoms with Gasteiger partial charge >= 0.3 is 0 Å². The summed E-state index contributed by atoms with van der Waals surface area (Å²) in [7, 11) is 0. The number of halogens is 3. The fraction of sp³-hybridized carbons (Fsp3) is 1.00. The Morgan fingerprint density at radius 2 is 1.43 bits per heavy atom. The highest BCUT2D eigenvalue weighted by Gasteiger charge is 1.51. The van der Waals surface area contributed by atoms with Gasteiger partial charge in [-0.3, -0.25) is 18.8 Å². The van der Waals surface area contributed by atoms with Gasteiger partial charge in [-0.05, 0) is 0 Å². The molecule has 0 saturated carbocycles. The summed E-state index contributed by atoms with van der Waals surface area (Å²) in [5, 5.41) is 0. The van der Waals surface area contributed by atoms with E-state index in [9.17, 15) is 0 Å². The third-order valence-corrected chi connectivity index (χ3v) is 0.474. The standard InChI is InChI=1S/C2H7NS.3FH/c1-2-3-4;;;/h3-4H,2H2,1H3;3*1H. The van der Waals surface area contributed by atoms with Gasteiger partial charge in [0.05, 0.1) is 0 Å². The fourth-order valence-corrected chi connectivity index (χ4v) is 0. The van der Waals surface area contributed by atoms with Crippen LogP contribution in [-0.2, 0) is 0 Å². The van der Waals surface area contributed by atoms with Crippen molar-refractivity contribution < 1.29 is 14.1 Å². The topological polar surface area (TPSA) is 12.0 Å². The van der Waals surface area contributed by atoms with Crippen LogP contribution in [-0.4, -0.2) is 6.54 Å². The lowest BCUT2D eigenvalue weighted by Crippen LogP contribution is -1.91. The predicted molar refractivity (Wildman–Crippen MR) is 30.2 cm³/mol. The van der Waals surface area contributed by atoms with Gasteiger partial charge < -0.3 is 0 Å². The molecule has 0 radical (unpaired) electrons. The molecule has 0 heterocycles. The van der Waals surface area contributed by atoms with Gasteiger partial charge in [0.25, 0.3) is 0 Å². The monoisotopic (exact) mass is 137 g/mol. The summed E-state index contributed by atoms with van der Waals surface area (Å²) in [6.45, 7) is 2.93. The predicted octanol–water partition coefficient (Wildman–Crippen LogP) is 0.898. The minimum absolute atomic E-state index is 0. The first kappa shape index (κ1) is 27.5. The van der Waals surface area contributed by atoms with Gasteiger partial charge in [0.15, 0.2) is 0 Å². The molecule has 1 N–H and O–H groups in total. The molecule has 5 heteroatoms. The van der Waals surface area contributed by atoms with Crippen molar-refractivity contribution in [1.82, 2.24) is 4.72 Å². The molecule has 0 aromatic carbocycles. The number of rotatable bonds is 1. The van der Waals surface area contributed by atoms with Crippen LogP contribution in [0.1, 0.15) is 6.92 Å². The van der Waals surface area contributed by atoms with Gasteiger partial charge in [0.2, 0.25) is 0 Å². The van der Waals surface area contributed by atoms with Crippen molar-refractivity contribution >= 4 is 12.8 Å². The first-order chi connectivity index (χ1) is 1.91. The molecule has 0 aromatic heterocycles. The van der Waals surface area contributed by atoms with E-state index in [1.165, 1.54) is 0 Å². The zero-order valence-electron chi connectivity index (χ0n) is 3.88. The van der Waals surface area contributed by atoms with E-state index in [0.717, 1.165) is 6.54 Å². The molecule has 0 aliphatic carbocycles. The van der Waals surface area contributed by atoms with E-state index in [-0.39, 0.29) is 14.1 Å². The molecule has 0 aliphatic heterocycles. The zero-order valence-corrected chi connectivity index (χ0v) is 4.77. The van der Waals surface area contributed by atoms with Gasteiger partial charge in [-0.25, -0.2) is 0 Å². The number of nitrogens with one attached hydrogen (secondary N) is 1. The second-order valence-electron chi connectivity index (χ2n) is 0.512. The Morgan fingerprint density at radius 3 is 1.43 bits per heavy atom. The summed E-state index contributed by atoms with van der Waals surface area (Å²) < 4.78 is 2.62. The van der Waals surface area contributed by atoms with Crippen molar-refractivity contribution in [2.45, 2.75) is 6.92 Å². The molecule has 0 spiro atoms. The Labute approximate surface area is 46.1 Å². The number of hydrogen-bond donors (Lipinski definition) is 2. The van der Waals surface area contributed by atoms with E-state index in [1.807, 2.05) is 6.92 Å². The van der Waals surface area contributed by atoms with Gasteiger partial charge in [-0.1, -0.05) is 19.7 Å². The van der Waals surface area contributed by atoms with Gasteiger partial charge in [-0.15, -0.1) is 0 Å². The van der Waals surface area contributed by atoms with Gasteiger partial charge in [0.1, 0.15) is 0 Å².